The zero-order valence-corrected chi connectivity index (χ0v) is 7.88. The van der Waals surface area contributed by atoms with E-state index in [4.69, 9.17) is 4.74 Å². The lowest BCUT2D eigenvalue weighted by Gasteiger charge is -2.19. The van der Waals surface area contributed by atoms with Crippen LogP contribution >= 0.6 is 0 Å². The molecule has 12 heavy (non-hydrogen) atoms. The molecule has 1 heterocycles. The summed E-state index contributed by atoms with van der Waals surface area (Å²) in [6.07, 6.45) is 1.87. The van der Waals surface area contributed by atoms with Gasteiger partial charge in [0.05, 0.1) is 6.61 Å². The standard InChI is InChI=1S/C9H17NO2/c1-3-8(4-2)9(11)10-5-6-12-7-10/h8H,3-7H2,1-2H3. The first-order chi connectivity index (χ1) is 5.79. The lowest BCUT2D eigenvalue weighted by Crippen LogP contribution is -2.33. The molecule has 1 aliphatic rings. The van der Waals surface area contributed by atoms with Crippen LogP contribution in [0.25, 0.3) is 0 Å². The highest BCUT2D eigenvalue weighted by Gasteiger charge is 2.23. The van der Waals surface area contributed by atoms with Crippen LogP contribution in [0, 0.1) is 5.92 Å². The van der Waals surface area contributed by atoms with E-state index in [1.54, 1.807) is 4.90 Å². The van der Waals surface area contributed by atoms with E-state index in [0.717, 1.165) is 19.4 Å². The summed E-state index contributed by atoms with van der Waals surface area (Å²) < 4.78 is 5.12. The number of carbonyl (C=O) groups excluding carboxylic acids is 1. The molecule has 0 aromatic carbocycles. The third-order valence-electron chi connectivity index (χ3n) is 2.40. The number of nitrogens with zero attached hydrogens (tertiary/aromatic N) is 1. The van der Waals surface area contributed by atoms with Gasteiger partial charge in [-0.3, -0.25) is 4.79 Å². The van der Waals surface area contributed by atoms with Gasteiger partial charge in [0, 0.05) is 12.5 Å². The second-order valence-electron chi connectivity index (χ2n) is 3.15. The highest BCUT2D eigenvalue weighted by atomic mass is 16.5. The van der Waals surface area contributed by atoms with Crippen LogP contribution in [0.15, 0.2) is 0 Å². The van der Waals surface area contributed by atoms with Crippen molar-refractivity contribution in [2.75, 3.05) is 19.9 Å². The lowest BCUT2D eigenvalue weighted by molar-refractivity contribution is -0.136. The molecule has 3 heteroatoms. The fourth-order valence-corrected chi connectivity index (χ4v) is 1.48. The maximum absolute atomic E-state index is 11.7. The minimum absolute atomic E-state index is 0.201. The third kappa shape index (κ3) is 1.97. The van der Waals surface area contributed by atoms with Crippen molar-refractivity contribution < 1.29 is 9.53 Å². The number of carbonyl (C=O) groups is 1. The number of hydrogen-bond acceptors (Lipinski definition) is 2. The van der Waals surface area contributed by atoms with Gasteiger partial charge in [0.25, 0.3) is 0 Å². The molecule has 3 nitrogen and oxygen atoms in total. The third-order valence-corrected chi connectivity index (χ3v) is 2.40. The second-order valence-corrected chi connectivity index (χ2v) is 3.15. The summed E-state index contributed by atoms with van der Waals surface area (Å²) in [5.74, 6) is 0.462. The van der Waals surface area contributed by atoms with E-state index in [1.807, 2.05) is 0 Å². The van der Waals surface area contributed by atoms with Gasteiger partial charge in [-0.2, -0.15) is 0 Å². The Labute approximate surface area is 73.7 Å². The topological polar surface area (TPSA) is 29.5 Å². The van der Waals surface area contributed by atoms with Crippen molar-refractivity contribution in [2.45, 2.75) is 26.7 Å². The highest BCUT2D eigenvalue weighted by molar-refractivity contribution is 5.78. The van der Waals surface area contributed by atoms with Gasteiger partial charge in [-0.05, 0) is 12.8 Å². The number of amides is 1. The minimum Gasteiger partial charge on any atom is -0.359 e. The Balaban J connectivity index is 2.43. The molecule has 0 aromatic rings. The molecule has 1 aliphatic heterocycles. The largest absolute Gasteiger partial charge is 0.359 e. The summed E-state index contributed by atoms with van der Waals surface area (Å²) in [5.41, 5.74) is 0. The van der Waals surface area contributed by atoms with E-state index in [0.29, 0.717) is 13.3 Å². The maximum atomic E-state index is 11.7. The van der Waals surface area contributed by atoms with Crippen LogP contribution < -0.4 is 0 Å². The van der Waals surface area contributed by atoms with Crippen LogP contribution in [0.1, 0.15) is 26.7 Å². The van der Waals surface area contributed by atoms with Crippen LogP contribution in [0.4, 0.5) is 0 Å². The predicted molar refractivity (Wildman–Crippen MR) is 46.6 cm³/mol. The number of ether oxygens (including phenoxy) is 1. The van der Waals surface area contributed by atoms with E-state index in [9.17, 15) is 4.79 Å². The molecule has 1 fully saturated rings. The molecule has 0 spiro atoms. The first kappa shape index (κ1) is 9.52. The zero-order chi connectivity index (χ0) is 8.97. The lowest BCUT2D eigenvalue weighted by atomic mass is 10.0. The molecule has 0 aromatic heterocycles. The van der Waals surface area contributed by atoms with Crippen molar-refractivity contribution >= 4 is 5.91 Å². The monoisotopic (exact) mass is 171 g/mol. The summed E-state index contributed by atoms with van der Waals surface area (Å²) >= 11 is 0. The average molecular weight is 171 g/mol. The Hall–Kier alpha value is -0.570. The van der Waals surface area contributed by atoms with Gasteiger partial charge in [-0.15, -0.1) is 0 Å². The van der Waals surface area contributed by atoms with Crippen molar-refractivity contribution in [1.29, 1.82) is 0 Å². The van der Waals surface area contributed by atoms with Crippen LogP contribution in [0.3, 0.4) is 0 Å². The summed E-state index contributed by atoms with van der Waals surface area (Å²) in [4.78, 5) is 13.5. The van der Waals surface area contributed by atoms with Crippen LogP contribution in [-0.2, 0) is 9.53 Å². The Morgan fingerprint density at radius 3 is 2.58 bits per heavy atom. The van der Waals surface area contributed by atoms with Crippen LogP contribution in [-0.4, -0.2) is 30.7 Å². The van der Waals surface area contributed by atoms with Gasteiger partial charge in [-0.25, -0.2) is 0 Å². The molecule has 70 valence electrons. The zero-order valence-electron chi connectivity index (χ0n) is 7.88. The fourth-order valence-electron chi connectivity index (χ4n) is 1.48. The van der Waals surface area contributed by atoms with Crippen molar-refractivity contribution in [3.8, 4) is 0 Å². The van der Waals surface area contributed by atoms with Crippen LogP contribution in [0.5, 0.6) is 0 Å². The Morgan fingerprint density at radius 1 is 1.50 bits per heavy atom. The summed E-state index contributed by atoms with van der Waals surface area (Å²) in [6, 6.07) is 0. The molecular weight excluding hydrogens is 154 g/mol. The quantitative estimate of drug-likeness (QED) is 0.639. The minimum atomic E-state index is 0.201. The molecule has 0 radical (unpaired) electrons. The van der Waals surface area contributed by atoms with Crippen molar-refractivity contribution in [1.82, 2.24) is 4.90 Å². The Kier molecular flexibility index (Phi) is 3.53. The molecule has 0 aliphatic carbocycles. The fraction of sp³-hybridized carbons (Fsp3) is 0.889. The molecule has 1 saturated heterocycles. The van der Waals surface area contributed by atoms with Gasteiger partial charge >= 0.3 is 0 Å². The SMILES string of the molecule is CCC(CC)C(=O)N1CCOC1. The molecule has 0 bridgehead atoms. The summed E-state index contributed by atoms with van der Waals surface area (Å²) in [7, 11) is 0. The van der Waals surface area contributed by atoms with Gasteiger partial charge in [0.1, 0.15) is 6.73 Å². The van der Waals surface area contributed by atoms with E-state index >= 15 is 0 Å². The van der Waals surface area contributed by atoms with E-state index < -0.39 is 0 Å². The Morgan fingerprint density at radius 2 is 2.17 bits per heavy atom. The molecule has 1 rings (SSSR count). The Bertz CT molecular complexity index is 145. The van der Waals surface area contributed by atoms with Gasteiger partial charge < -0.3 is 9.64 Å². The smallest absolute Gasteiger partial charge is 0.227 e. The summed E-state index contributed by atoms with van der Waals surface area (Å²) in [5, 5.41) is 0. The van der Waals surface area contributed by atoms with E-state index in [-0.39, 0.29) is 11.8 Å². The first-order valence-corrected chi connectivity index (χ1v) is 4.66. The summed E-state index contributed by atoms with van der Waals surface area (Å²) in [6.45, 7) is 6.09. The van der Waals surface area contributed by atoms with Gasteiger partial charge in [0.15, 0.2) is 0 Å². The van der Waals surface area contributed by atoms with Crippen molar-refractivity contribution in [2.24, 2.45) is 5.92 Å². The average Bonchev–Trinajstić information content (AvgIpc) is 2.58. The van der Waals surface area contributed by atoms with E-state index in [1.165, 1.54) is 0 Å². The molecule has 0 saturated carbocycles. The molecular formula is C9H17NO2. The predicted octanol–water partition coefficient (Wildman–Crippen LogP) is 1.24. The number of hydrogen-bond donors (Lipinski definition) is 0. The van der Waals surface area contributed by atoms with Crippen molar-refractivity contribution in [3.05, 3.63) is 0 Å². The van der Waals surface area contributed by atoms with Crippen molar-refractivity contribution in [3.63, 3.8) is 0 Å². The highest BCUT2D eigenvalue weighted by Crippen LogP contribution is 2.13. The first-order valence-electron chi connectivity index (χ1n) is 4.66. The van der Waals surface area contributed by atoms with E-state index in [2.05, 4.69) is 13.8 Å². The normalized spacial score (nSPS) is 17.4. The van der Waals surface area contributed by atoms with Crippen LogP contribution in [0.2, 0.25) is 0 Å². The maximum Gasteiger partial charge on any atom is 0.227 e. The van der Waals surface area contributed by atoms with Gasteiger partial charge in [-0.1, -0.05) is 13.8 Å². The molecule has 0 atom stereocenters. The molecule has 0 N–H and O–H groups in total. The molecule has 1 amide bonds. The number of rotatable bonds is 3. The van der Waals surface area contributed by atoms with Gasteiger partial charge in [0.2, 0.25) is 5.91 Å². The molecule has 0 unspecified atom stereocenters. The second kappa shape index (κ2) is 4.45.